The molecule has 3 rings (SSSR count). The SMILES string of the molecule is O=S(=O)(NCc1ccccc1Cn1ccnc1)c1ccc(Cl)c(Cl)c1. The molecule has 0 saturated carbocycles. The Bertz CT molecular complexity index is 973. The van der Waals surface area contributed by atoms with Gasteiger partial charge in [-0.3, -0.25) is 0 Å². The van der Waals surface area contributed by atoms with Gasteiger partial charge in [0.2, 0.25) is 10.0 Å². The molecule has 8 heteroatoms. The summed E-state index contributed by atoms with van der Waals surface area (Å²) >= 11 is 11.7. The van der Waals surface area contributed by atoms with Crippen molar-refractivity contribution in [1.29, 1.82) is 0 Å². The van der Waals surface area contributed by atoms with Crippen molar-refractivity contribution in [3.05, 3.63) is 82.4 Å². The fraction of sp³-hybridized carbons (Fsp3) is 0.118. The number of benzene rings is 2. The second kappa shape index (κ2) is 7.58. The second-order valence-corrected chi connectivity index (χ2v) is 7.99. The molecule has 0 saturated heterocycles. The van der Waals surface area contributed by atoms with E-state index in [2.05, 4.69) is 9.71 Å². The maximum Gasteiger partial charge on any atom is 0.240 e. The quantitative estimate of drug-likeness (QED) is 0.691. The van der Waals surface area contributed by atoms with Crippen LogP contribution >= 0.6 is 23.2 Å². The molecule has 1 N–H and O–H groups in total. The van der Waals surface area contributed by atoms with Gasteiger partial charge in [-0.25, -0.2) is 18.1 Å². The lowest BCUT2D eigenvalue weighted by Crippen LogP contribution is -2.24. The molecule has 1 heterocycles. The average Bonchev–Trinajstić information content (AvgIpc) is 3.09. The molecule has 0 unspecified atom stereocenters. The Morgan fingerprint density at radius 1 is 1.04 bits per heavy atom. The smallest absolute Gasteiger partial charge is 0.240 e. The molecular formula is C17H15Cl2N3O2S. The third-order valence-electron chi connectivity index (χ3n) is 3.68. The van der Waals surface area contributed by atoms with E-state index in [1.807, 2.05) is 35.0 Å². The molecule has 3 aromatic rings. The summed E-state index contributed by atoms with van der Waals surface area (Å²) in [6.45, 7) is 0.790. The minimum Gasteiger partial charge on any atom is -0.333 e. The van der Waals surface area contributed by atoms with E-state index in [1.54, 1.807) is 12.5 Å². The molecule has 0 fully saturated rings. The highest BCUT2D eigenvalue weighted by Crippen LogP contribution is 2.25. The molecular weight excluding hydrogens is 381 g/mol. The van der Waals surface area contributed by atoms with Gasteiger partial charge in [-0.15, -0.1) is 0 Å². The third-order valence-corrected chi connectivity index (χ3v) is 5.82. The zero-order valence-electron chi connectivity index (χ0n) is 13.1. The Hall–Kier alpha value is -1.86. The van der Waals surface area contributed by atoms with Gasteiger partial charge in [0.25, 0.3) is 0 Å². The van der Waals surface area contributed by atoms with Crippen LogP contribution in [-0.2, 0) is 23.1 Å². The molecule has 0 bridgehead atoms. The number of hydrogen-bond donors (Lipinski definition) is 1. The first-order valence-electron chi connectivity index (χ1n) is 7.43. The molecule has 1 aromatic heterocycles. The summed E-state index contributed by atoms with van der Waals surface area (Å²) in [6, 6.07) is 11.9. The van der Waals surface area contributed by atoms with E-state index in [4.69, 9.17) is 23.2 Å². The molecule has 130 valence electrons. The van der Waals surface area contributed by atoms with Gasteiger partial charge in [0.05, 0.1) is 21.3 Å². The molecule has 25 heavy (non-hydrogen) atoms. The van der Waals surface area contributed by atoms with Crippen molar-refractivity contribution < 1.29 is 8.42 Å². The summed E-state index contributed by atoms with van der Waals surface area (Å²) in [7, 11) is -3.69. The van der Waals surface area contributed by atoms with Crippen LogP contribution in [0.2, 0.25) is 10.0 Å². The molecule has 0 radical (unpaired) electrons. The van der Waals surface area contributed by atoms with Crippen LogP contribution in [0.15, 0.2) is 66.1 Å². The maximum absolute atomic E-state index is 12.5. The van der Waals surface area contributed by atoms with E-state index < -0.39 is 10.0 Å². The number of halogens is 2. The van der Waals surface area contributed by atoms with Gasteiger partial charge >= 0.3 is 0 Å². The maximum atomic E-state index is 12.5. The predicted molar refractivity (Wildman–Crippen MR) is 98.3 cm³/mol. The summed E-state index contributed by atoms with van der Waals surface area (Å²) in [5, 5.41) is 0.511. The zero-order chi connectivity index (χ0) is 17.9. The Labute approximate surface area is 156 Å². The lowest BCUT2D eigenvalue weighted by atomic mass is 10.1. The standard InChI is InChI=1S/C17H15Cl2N3O2S/c18-16-6-5-15(9-17(16)19)25(23,24)21-10-13-3-1-2-4-14(13)11-22-8-7-20-12-22/h1-9,12,21H,10-11H2. The van der Waals surface area contributed by atoms with E-state index >= 15 is 0 Å². The van der Waals surface area contributed by atoms with Crippen molar-refractivity contribution in [1.82, 2.24) is 14.3 Å². The molecule has 0 atom stereocenters. The van der Waals surface area contributed by atoms with Crippen molar-refractivity contribution in [2.75, 3.05) is 0 Å². The van der Waals surface area contributed by atoms with Crippen LogP contribution in [0.4, 0.5) is 0 Å². The lowest BCUT2D eigenvalue weighted by molar-refractivity contribution is 0.581. The van der Waals surface area contributed by atoms with E-state index in [1.165, 1.54) is 18.2 Å². The van der Waals surface area contributed by atoms with Crippen molar-refractivity contribution in [2.24, 2.45) is 0 Å². The van der Waals surface area contributed by atoms with Crippen molar-refractivity contribution >= 4 is 33.2 Å². The Kier molecular flexibility index (Phi) is 5.44. The van der Waals surface area contributed by atoms with Crippen LogP contribution < -0.4 is 4.72 Å². The first-order chi connectivity index (χ1) is 12.0. The average molecular weight is 396 g/mol. The first kappa shape index (κ1) is 17.9. The largest absolute Gasteiger partial charge is 0.333 e. The van der Waals surface area contributed by atoms with Crippen LogP contribution in [0.3, 0.4) is 0 Å². The Balaban J connectivity index is 1.78. The summed E-state index contributed by atoms with van der Waals surface area (Å²) in [4.78, 5) is 4.09. The molecule has 0 aliphatic carbocycles. The molecule has 0 amide bonds. The molecule has 0 aliphatic heterocycles. The number of hydrogen-bond acceptors (Lipinski definition) is 3. The van der Waals surface area contributed by atoms with Gasteiger partial charge in [0.15, 0.2) is 0 Å². The monoisotopic (exact) mass is 395 g/mol. The third kappa shape index (κ3) is 4.41. The highest BCUT2D eigenvalue weighted by Gasteiger charge is 2.16. The van der Waals surface area contributed by atoms with Crippen molar-refractivity contribution in [3.8, 4) is 0 Å². The minimum atomic E-state index is -3.69. The predicted octanol–water partition coefficient (Wildman–Crippen LogP) is 3.72. The number of rotatable bonds is 6. The Morgan fingerprint density at radius 2 is 1.80 bits per heavy atom. The second-order valence-electron chi connectivity index (χ2n) is 5.40. The first-order valence-corrected chi connectivity index (χ1v) is 9.67. The number of nitrogens with zero attached hydrogens (tertiary/aromatic N) is 2. The van der Waals surface area contributed by atoms with Gasteiger partial charge in [-0.2, -0.15) is 0 Å². The van der Waals surface area contributed by atoms with Crippen LogP contribution in [-0.4, -0.2) is 18.0 Å². The normalized spacial score (nSPS) is 11.6. The number of imidazole rings is 1. The van der Waals surface area contributed by atoms with Crippen molar-refractivity contribution in [2.45, 2.75) is 18.0 Å². The van der Waals surface area contributed by atoms with Gasteiger partial charge in [-0.1, -0.05) is 47.5 Å². The van der Waals surface area contributed by atoms with Crippen LogP contribution in [0, 0.1) is 0 Å². The fourth-order valence-electron chi connectivity index (χ4n) is 2.36. The van der Waals surface area contributed by atoms with Crippen molar-refractivity contribution in [3.63, 3.8) is 0 Å². The van der Waals surface area contributed by atoms with E-state index in [0.717, 1.165) is 11.1 Å². The van der Waals surface area contributed by atoms with Crippen LogP contribution in [0.1, 0.15) is 11.1 Å². The molecule has 0 aliphatic rings. The summed E-state index contributed by atoms with van der Waals surface area (Å²) in [6.07, 6.45) is 5.28. The summed E-state index contributed by atoms with van der Waals surface area (Å²) in [5.74, 6) is 0. The number of aromatic nitrogens is 2. The molecule has 2 aromatic carbocycles. The topological polar surface area (TPSA) is 64.0 Å². The van der Waals surface area contributed by atoms with Crippen LogP contribution in [0.25, 0.3) is 0 Å². The van der Waals surface area contributed by atoms with Gasteiger partial charge in [0, 0.05) is 25.5 Å². The fourth-order valence-corrected chi connectivity index (χ4v) is 3.76. The van der Waals surface area contributed by atoms with Gasteiger partial charge in [-0.05, 0) is 29.3 Å². The minimum absolute atomic E-state index is 0.0778. The summed E-state index contributed by atoms with van der Waals surface area (Å²) < 4.78 is 29.5. The molecule has 0 spiro atoms. The zero-order valence-corrected chi connectivity index (χ0v) is 15.4. The molecule has 5 nitrogen and oxygen atoms in total. The highest BCUT2D eigenvalue weighted by atomic mass is 35.5. The van der Waals surface area contributed by atoms with Gasteiger partial charge < -0.3 is 4.57 Å². The Morgan fingerprint density at radius 3 is 2.48 bits per heavy atom. The van der Waals surface area contributed by atoms with Gasteiger partial charge in [0.1, 0.15) is 0 Å². The van der Waals surface area contributed by atoms with E-state index in [-0.39, 0.29) is 16.5 Å². The van der Waals surface area contributed by atoms with E-state index in [0.29, 0.717) is 11.6 Å². The highest BCUT2D eigenvalue weighted by molar-refractivity contribution is 7.89. The number of sulfonamides is 1. The van der Waals surface area contributed by atoms with Crippen LogP contribution in [0.5, 0.6) is 0 Å². The summed E-state index contributed by atoms with van der Waals surface area (Å²) in [5.41, 5.74) is 1.90. The van der Waals surface area contributed by atoms with E-state index in [9.17, 15) is 8.42 Å². The number of nitrogens with one attached hydrogen (secondary N) is 1. The lowest BCUT2D eigenvalue weighted by Gasteiger charge is -2.12.